The topological polar surface area (TPSA) is 84.3 Å². The average molecular weight is 333 g/mol. The van der Waals surface area contributed by atoms with Gasteiger partial charge in [0.1, 0.15) is 0 Å². The van der Waals surface area contributed by atoms with Crippen molar-refractivity contribution in [2.45, 2.75) is 18.6 Å². The summed E-state index contributed by atoms with van der Waals surface area (Å²) in [5.41, 5.74) is 1.62. The zero-order valence-corrected chi connectivity index (χ0v) is 13.4. The number of carboxylic acids is 1. The van der Waals surface area contributed by atoms with Gasteiger partial charge >= 0.3 is 5.97 Å². The van der Waals surface area contributed by atoms with Crippen LogP contribution in [-0.4, -0.2) is 30.2 Å². The van der Waals surface area contributed by atoms with E-state index in [1.54, 1.807) is 48.8 Å². The number of aryl methyl sites for hydroxylation is 1. The lowest BCUT2D eigenvalue weighted by Crippen LogP contribution is -2.25. The van der Waals surface area contributed by atoms with Crippen LogP contribution in [0.5, 0.6) is 0 Å². The molecule has 1 N–H and O–H groups in total. The van der Waals surface area contributed by atoms with Gasteiger partial charge in [-0.2, -0.15) is 0 Å². The highest BCUT2D eigenvalue weighted by Crippen LogP contribution is 2.15. The number of aliphatic carboxylic acids is 1. The number of carboxylic acid groups (broad SMARTS) is 1. The molecule has 2 rings (SSSR count). The molecule has 0 aliphatic carbocycles. The molecule has 0 fully saturated rings. The van der Waals surface area contributed by atoms with Crippen molar-refractivity contribution < 1.29 is 18.3 Å². The van der Waals surface area contributed by atoms with Crippen LogP contribution in [0.4, 0.5) is 0 Å². The van der Waals surface area contributed by atoms with Gasteiger partial charge in [-0.15, -0.1) is 0 Å². The van der Waals surface area contributed by atoms with E-state index in [1.807, 2.05) is 6.07 Å². The Hall–Kier alpha value is -2.21. The molecule has 23 heavy (non-hydrogen) atoms. The van der Waals surface area contributed by atoms with Crippen molar-refractivity contribution >= 4 is 15.8 Å². The number of carbonyl (C=O) groups is 1. The lowest BCUT2D eigenvalue weighted by Gasteiger charge is -2.13. The summed E-state index contributed by atoms with van der Waals surface area (Å²) in [5, 5.41) is 9.30. The highest BCUT2D eigenvalue weighted by atomic mass is 32.2. The largest absolute Gasteiger partial charge is 0.481 e. The highest BCUT2D eigenvalue weighted by molar-refractivity contribution is 7.90. The number of hydrogen-bond donors (Lipinski definition) is 1. The summed E-state index contributed by atoms with van der Waals surface area (Å²) < 4.78 is 24.5. The molecule has 0 amide bonds. The average Bonchev–Trinajstić information content (AvgIpc) is 2.52. The first-order chi connectivity index (χ1) is 11.0. The molecule has 2 aromatic rings. The van der Waals surface area contributed by atoms with Gasteiger partial charge < -0.3 is 5.11 Å². The van der Waals surface area contributed by atoms with Crippen molar-refractivity contribution in [2.75, 3.05) is 5.75 Å². The third-order valence-corrected chi connectivity index (χ3v) is 5.25. The molecular weight excluding hydrogens is 314 g/mol. The summed E-state index contributed by atoms with van der Waals surface area (Å²) in [5.74, 6) is -2.46. The van der Waals surface area contributed by atoms with Crippen molar-refractivity contribution in [3.63, 3.8) is 0 Å². The molecule has 0 spiro atoms. The summed E-state index contributed by atoms with van der Waals surface area (Å²) in [4.78, 5) is 15.3. The Morgan fingerprint density at radius 3 is 2.30 bits per heavy atom. The van der Waals surface area contributed by atoms with Crippen LogP contribution in [0, 0.1) is 5.92 Å². The normalized spacial score (nSPS) is 12.7. The van der Waals surface area contributed by atoms with Crippen LogP contribution in [0.15, 0.2) is 54.9 Å². The molecule has 0 saturated carbocycles. The highest BCUT2D eigenvalue weighted by Gasteiger charge is 2.25. The van der Waals surface area contributed by atoms with Crippen molar-refractivity contribution in [2.24, 2.45) is 5.92 Å². The maximum atomic E-state index is 12.3. The van der Waals surface area contributed by atoms with E-state index in [-0.39, 0.29) is 17.9 Å². The van der Waals surface area contributed by atoms with E-state index in [0.717, 1.165) is 5.56 Å². The number of rotatable bonds is 8. The Bertz CT molecular complexity index is 730. The first-order valence-electron chi connectivity index (χ1n) is 7.32. The van der Waals surface area contributed by atoms with E-state index >= 15 is 0 Å². The van der Waals surface area contributed by atoms with Crippen molar-refractivity contribution in [3.05, 3.63) is 66.0 Å². The van der Waals surface area contributed by atoms with Crippen LogP contribution in [0.25, 0.3) is 0 Å². The Kier molecular flexibility index (Phi) is 5.87. The van der Waals surface area contributed by atoms with Gasteiger partial charge in [0, 0.05) is 12.4 Å². The minimum absolute atomic E-state index is 0.132. The monoisotopic (exact) mass is 333 g/mol. The fourth-order valence-electron chi connectivity index (χ4n) is 2.36. The molecule has 122 valence electrons. The lowest BCUT2D eigenvalue weighted by molar-refractivity contribution is -0.141. The Labute approximate surface area is 135 Å². The quantitative estimate of drug-likeness (QED) is 0.801. The van der Waals surface area contributed by atoms with Gasteiger partial charge in [0.25, 0.3) is 0 Å². The summed E-state index contributed by atoms with van der Waals surface area (Å²) in [6, 6.07) is 12.4. The zero-order valence-electron chi connectivity index (χ0n) is 12.6. The van der Waals surface area contributed by atoms with Gasteiger partial charge in [-0.05, 0) is 36.1 Å². The third kappa shape index (κ3) is 5.83. The van der Waals surface area contributed by atoms with Crippen LogP contribution in [0.3, 0.4) is 0 Å². The van der Waals surface area contributed by atoms with Crippen LogP contribution < -0.4 is 0 Å². The van der Waals surface area contributed by atoms with Gasteiger partial charge in [-0.3, -0.25) is 9.78 Å². The summed E-state index contributed by atoms with van der Waals surface area (Å²) >= 11 is 0. The molecule has 6 heteroatoms. The number of benzene rings is 1. The van der Waals surface area contributed by atoms with Gasteiger partial charge in [-0.25, -0.2) is 8.42 Å². The van der Waals surface area contributed by atoms with E-state index in [9.17, 15) is 18.3 Å². The molecule has 0 radical (unpaired) electrons. The minimum atomic E-state index is -3.48. The summed E-state index contributed by atoms with van der Waals surface area (Å²) in [7, 11) is -3.48. The maximum absolute atomic E-state index is 12.3. The predicted octanol–water partition coefficient (Wildman–Crippen LogP) is 2.33. The second-order valence-electron chi connectivity index (χ2n) is 5.47. The van der Waals surface area contributed by atoms with Gasteiger partial charge in [0.2, 0.25) is 0 Å². The molecule has 1 aromatic carbocycles. The fraction of sp³-hybridized carbons (Fsp3) is 0.294. The van der Waals surface area contributed by atoms with Crippen LogP contribution in [0.2, 0.25) is 0 Å². The Morgan fingerprint density at radius 1 is 1.04 bits per heavy atom. The lowest BCUT2D eigenvalue weighted by atomic mass is 10.0. The standard InChI is InChI=1S/C17H19NO4S/c19-17(20)16(7-6-14-8-10-18-11-9-14)13-23(21,22)12-15-4-2-1-3-5-15/h1-5,8-11,16H,6-7,12-13H2,(H,19,20). The van der Waals surface area contributed by atoms with Gasteiger partial charge in [0.15, 0.2) is 9.84 Å². The zero-order chi connectivity index (χ0) is 16.7. The summed E-state index contributed by atoms with van der Waals surface area (Å²) in [6.45, 7) is 0. The Balaban J connectivity index is 1.99. The van der Waals surface area contributed by atoms with Crippen molar-refractivity contribution in [3.8, 4) is 0 Å². The molecule has 1 atom stereocenters. The first-order valence-corrected chi connectivity index (χ1v) is 9.14. The molecule has 0 saturated heterocycles. The summed E-state index contributed by atoms with van der Waals surface area (Å²) in [6.07, 6.45) is 4.07. The molecule has 0 bridgehead atoms. The molecule has 1 heterocycles. The molecule has 1 unspecified atom stereocenters. The fourth-order valence-corrected chi connectivity index (χ4v) is 4.10. The third-order valence-electron chi connectivity index (χ3n) is 3.56. The molecule has 0 aliphatic heterocycles. The minimum Gasteiger partial charge on any atom is -0.481 e. The van der Waals surface area contributed by atoms with E-state index in [4.69, 9.17) is 0 Å². The van der Waals surface area contributed by atoms with E-state index in [0.29, 0.717) is 12.0 Å². The number of sulfone groups is 1. The SMILES string of the molecule is O=C(O)C(CCc1ccncc1)CS(=O)(=O)Cc1ccccc1. The molecule has 5 nitrogen and oxygen atoms in total. The van der Waals surface area contributed by atoms with Crippen LogP contribution in [-0.2, 0) is 26.8 Å². The first kappa shape index (κ1) is 17.1. The predicted molar refractivity (Wildman–Crippen MR) is 87.6 cm³/mol. The number of nitrogens with zero attached hydrogens (tertiary/aromatic N) is 1. The van der Waals surface area contributed by atoms with Crippen LogP contribution in [0.1, 0.15) is 17.5 Å². The van der Waals surface area contributed by atoms with Gasteiger partial charge in [0.05, 0.1) is 17.4 Å². The second-order valence-corrected chi connectivity index (χ2v) is 7.58. The smallest absolute Gasteiger partial charge is 0.307 e. The van der Waals surface area contributed by atoms with Crippen molar-refractivity contribution in [1.29, 1.82) is 0 Å². The number of hydrogen-bond acceptors (Lipinski definition) is 4. The number of pyridine rings is 1. The molecule has 1 aromatic heterocycles. The maximum Gasteiger partial charge on any atom is 0.307 e. The van der Waals surface area contributed by atoms with Gasteiger partial charge in [-0.1, -0.05) is 30.3 Å². The molecule has 0 aliphatic rings. The van der Waals surface area contributed by atoms with E-state index in [2.05, 4.69) is 4.98 Å². The van der Waals surface area contributed by atoms with Crippen LogP contribution >= 0.6 is 0 Å². The van der Waals surface area contributed by atoms with Crippen molar-refractivity contribution in [1.82, 2.24) is 4.98 Å². The second kappa shape index (κ2) is 7.87. The Morgan fingerprint density at radius 2 is 1.70 bits per heavy atom. The van der Waals surface area contributed by atoms with E-state index < -0.39 is 21.7 Å². The van der Waals surface area contributed by atoms with E-state index in [1.165, 1.54) is 0 Å². The number of aromatic nitrogens is 1. The molecular formula is C17H19NO4S.